The molecule has 1 aromatic carbocycles. The van der Waals surface area contributed by atoms with Crippen LogP contribution >= 0.6 is 34.4 Å². The predicted octanol–water partition coefficient (Wildman–Crippen LogP) is 3.58. The van der Waals surface area contributed by atoms with Crippen molar-refractivity contribution in [2.75, 3.05) is 11.1 Å². The molecule has 1 rings (SSSR count). The third kappa shape index (κ3) is 3.99. The molecule has 0 aliphatic rings. The van der Waals surface area contributed by atoms with Gasteiger partial charge in [0.15, 0.2) is 0 Å². The summed E-state index contributed by atoms with van der Waals surface area (Å²) in [6.07, 6.45) is 0. The fourth-order valence-corrected chi connectivity index (χ4v) is 1.63. The van der Waals surface area contributed by atoms with Crippen LogP contribution in [0.4, 0.5) is 10.5 Å². The van der Waals surface area contributed by atoms with Gasteiger partial charge in [-0.3, -0.25) is 4.79 Å². The first-order valence-corrected chi connectivity index (χ1v) is 5.98. The number of anilines is 1. The van der Waals surface area contributed by atoms with Crippen molar-refractivity contribution in [1.29, 1.82) is 0 Å². The number of hydrogen-bond acceptors (Lipinski definition) is 2. The van der Waals surface area contributed by atoms with Gasteiger partial charge in [-0.05, 0) is 52.6 Å². The Morgan fingerprint density at radius 1 is 1.46 bits per heavy atom. The first-order valence-electron chi connectivity index (χ1n) is 3.91. The summed E-state index contributed by atoms with van der Waals surface area (Å²) in [5.41, 5.74) is 0.853. The number of nitrogens with one attached hydrogen (secondary N) is 1. The van der Waals surface area contributed by atoms with E-state index in [9.17, 15) is 4.79 Å². The van der Waals surface area contributed by atoms with Gasteiger partial charge in [0, 0.05) is 9.26 Å². The summed E-state index contributed by atoms with van der Waals surface area (Å²) in [6, 6.07) is 7.73. The van der Waals surface area contributed by atoms with E-state index >= 15 is 0 Å². The average molecular weight is 307 g/mol. The van der Waals surface area contributed by atoms with Crippen molar-refractivity contribution in [3.63, 3.8) is 0 Å². The summed E-state index contributed by atoms with van der Waals surface area (Å²) in [5, 5.41) is 2.79. The Kier molecular flexibility index (Phi) is 4.58. The summed E-state index contributed by atoms with van der Waals surface area (Å²) in [7, 11) is 0. The third-order valence-electron chi connectivity index (χ3n) is 1.37. The zero-order chi connectivity index (χ0) is 9.68. The molecule has 0 unspecified atom stereocenters. The van der Waals surface area contributed by atoms with Gasteiger partial charge >= 0.3 is 0 Å². The standard InChI is InChI=1S/C9H10INOS/c1-2-13-9(12)11-8-5-3-7(10)4-6-8/h3-6H,2H2,1H3,(H,11,12). The van der Waals surface area contributed by atoms with E-state index in [1.165, 1.54) is 15.3 Å². The largest absolute Gasteiger partial charge is 0.317 e. The van der Waals surface area contributed by atoms with Crippen LogP contribution in [0.2, 0.25) is 0 Å². The summed E-state index contributed by atoms with van der Waals surface area (Å²) in [5.74, 6) is 0.802. The zero-order valence-electron chi connectivity index (χ0n) is 7.21. The molecule has 0 fully saturated rings. The smallest absolute Gasteiger partial charge is 0.283 e. The van der Waals surface area contributed by atoms with E-state index in [1.807, 2.05) is 31.2 Å². The zero-order valence-corrected chi connectivity index (χ0v) is 10.2. The number of carbonyl (C=O) groups excluding carboxylic acids is 1. The van der Waals surface area contributed by atoms with Crippen molar-refractivity contribution in [2.45, 2.75) is 6.92 Å². The summed E-state index contributed by atoms with van der Waals surface area (Å²) in [4.78, 5) is 11.1. The highest BCUT2D eigenvalue weighted by Gasteiger charge is 1.99. The van der Waals surface area contributed by atoms with Crippen molar-refractivity contribution in [1.82, 2.24) is 0 Å². The van der Waals surface area contributed by atoms with Gasteiger partial charge in [-0.25, -0.2) is 0 Å². The molecule has 1 aromatic rings. The van der Waals surface area contributed by atoms with Gasteiger partial charge < -0.3 is 5.32 Å². The molecule has 0 bridgehead atoms. The molecular weight excluding hydrogens is 297 g/mol. The lowest BCUT2D eigenvalue weighted by Gasteiger charge is -2.02. The number of thioether (sulfide) groups is 1. The molecule has 1 amide bonds. The van der Waals surface area contributed by atoms with Crippen LogP contribution in [-0.4, -0.2) is 11.0 Å². The fraction of sp³-hybridized carbons (Fsp3) is 0.222. The van der Waals surface area contributed by atoms with Crippen molar-refractivity contribution in [3.05, 3.63) is 27.8 Å². The van der Waals surface area contributed by atoms with Gasteiger partial charge in [-0.1, -0.05) is 18.7 Å². The molecule has 13 heavy (non-hydrogen) atoms. The fourth-order valence-electron chi connectivity index (χ4n) is 0.818. The minimum atomic E-state index is 0.00343. The second-order valence-electron chi connectivity index (χ2n) is 2.35. The first kappa shape index (κ1) is 10.8. The predicted molar refractivity (Wildman–Crippen MR) is 66.3 cm³/mol. The van der Waals surface area contributed by atoms with Gasteiger partial charge in [0.1, 0.15) is 0 Å². The highest BCUT2D eigenvalue weighted by atomic mass is 127. The van der Waals surface area contributed by atoms with Gasteiger partial charge in [0.05, 0.1) is 0 Å². The van der Waals surface area contributed by atoms with E-state index in [4.69, 9.17) is 0 Å². The molecule has 0 aliphatic heterocycles. The highest BCUT2D eigenvalue weighted by molar-refractivity contribution is 14.1. The monoisotopic (exact) mass is 307 g/mol. The van der Waals surface area contributed by atoms with E-state index in [0.29, 0.717) is 0 Å². The van der Waals surface area contributed by atoms with Crippen molar-refractivity contribution < 1.29 is 4.79 Å². The summed E-state index contributed by atoms with van der Waals surface area (Å²) < 4.78 is 1.17. The molecule has 0 radical (unpaired) electrons. The van der Waals surface area contributed by atoms with Crippen molar-refractivity contribution >= 4 is 45.3 Å². The van der Waals surface area contributed by atoms with Crippen LogP contribution in [0.3, 0.4) is 0 Å². The van der Waals surface area contributed by atoms with Crippen molar-refractivity contribution in [3.8, 4) is 0 Å². The van der Waals surface area contributed by atoms with Gasteiger partial charge in [0.2, 0.25) is 0 Å². The average Bonchev–Trinajstić information content (AvgIpc) is 2.09. The summed E-state index contributed by atoms with van der Waals surface area (Å²) >= 11 is 3.51. The Labute approximate surface area is 95.6 Å². The molecule has 2 nitrogen and oxygen atoms in total. The van der Waals surface area contributed by atoms with E-state index in [2.05, 4.69) is 27.9 Å². The number of halogens is 1. The number of amides is 1. The second-order valence-corrected chi connectivity index (χ2v) is 4.83. The molecule has 0 saturated heterocycles. The molecule has 4 heteroatoms. The lowest BCUT2D eigenvalue weighted by Crippen LogP contribution is -2.04. The van der Waals surface area contributed by atoms with E-state index in [0.717, 1.165) is 11.4 Å². The van der Waals surface area contributed by atoms with Crippen LogP contribution in [0.5, 0.6) is 0 Å². The van der Waals surface area contributed by atoms with E-state index in [-0.39, 0.29) is 5.24 Å². The first-order chi connectivity index (χ1) is 6.22. The molecule has 1 N–H and O–H groups in total. The van der Waals surface area contributed by atoms with Crippen LogP contribution in [0, 0.1) is 3.57 Å². The Morgan fingerprint density at radius 3 is 2.62 bits per heavy atom. The van der Waals surface area contributed by atoms with Crippen LogP contribution < -0.4 is 5.32 Å². The molecule has 0 heterocycles. The van der Waals surface area contributed by atoms with Crippen LogP contribution in [0.15, 0.2) is 24.3 Å². The van der Waals surface area contributed by atoms with Crippen LogP contribution in [0.1, 0.15) is 6.92 Å². The molecule has 0 spiro atoms. The van der Waals surface area contributed by atoms with Crippen LogP contribution in [0.25, 0.3) is 0 Å². The Morgan fingerprint density at radius 2 is 2.08 bits per heavy atom. The maximum absolute atomic E-state index is 11.1. The van der Waals surface area contributed by atoms with E-state index < -0.39 is 0 Å². The minimum absolute atomic E-state index is 0.00343. The topological polar surface area (TPSA) is 29.1 Å². The second kappa shape index (κ2) is 5.49. The minimum Gasteiger partial charge on any atom is -0.317 e. The Hall–Kier alpha value is -0.230. The molecule has 70 valence electrons. The Balaban J connectivity index is 2.54. The number of hydrogen-bond donors (Lipinski definition) is 1. The quantitative estimate of drug-likeness (QED) is 0.846. The lowest BCUT2D eigenvalue weighted by molar-refractivity contribution is 0.270. The normalized spacial score (nSPS) is 9.69. The number of benzene rings is 1. The molecule has 0 saturated carbocycles. The highest BCUT2D eigenvalue weighted by Crippen LogP contribution is 2.13. The van der Waals surface area contributed by atoms with Gasteiger partial charge in [0.25, 0.3) is 5.24 Å². The van der Waals surface area contributed by atoms with E-state index in [1.54, 1.807) is 0 Å². The summed E-state index contributed by atoms with van der Waals surface area (Å²) in [6.45, 7) is 1.96. The number of carbonyl (C=O) groups is 1. The van der Waals surface area contributed by atoms with Gasteiger partial charge in [-0.15, -0.1) is 0 Å². The SMILES string of the molecule is CCSC(=O)Nc1ccc(I)cc1. The third-order valence-corrected chi connectivity index (χ3v) is 2.74. The maximum atomic E-state index is 11.1. The molecule has 0 aliphatic carbocycles. The molecule has 0 aromatic heterocycles. The molecular formula is C9H10INOS. The van der Waals surface area contributed by atoms with Crippen molar-refractivity contribution in [2.24, 2.45) is 0 Å². The Bertz CT molecular complexity index is 286. The van der Waals surface area contributed by atoms with Gasteiger partial charge in [-0.2, -0.15) is 0 Å². The lowest BCUT2D eigenvalue weighted by atomic mass is 10.3. The maximum Gasteiger partial charge on any atom is 0.283 e. The van der Waals surface area contributed by atoms with Crippen LogP contribution in [-0.2, 0) is 0 Å². The number of rotatable bonds is 2. The molecule has 0 atom stereocenters.